The number of H-pyrrole nitrogens is 2. The molecule has 0 unspecified atom stereocenters. The monoisotopic (exact) mass is 327 g/mol. The normalized spacial score (nSPS) is 20.4. The molecule has 3 aliphatic rings. The van der Waals surface area contributed by atoms with Crippen molar-refractivity contribution in [2.24, 2.45) is 0 Å². The Bertz CT molecular complexity index is 789. The van der Waals surface area contributed by atoms with Crippen LogP contribution in [0.15, 0.2) is 0 Å². The van der Waals surface area contributed by atoms with Gasteiger partial charge >= 0.3 is 0 Å². The van der Waals surface area contributed by atoms with Gasteiger partial charge in [-0.05, 0) is 24.8 Å². The Labute approximate surface area is 139 Å². The summed E-state index contributed by atoms with van der Waals surface area (Å²) in [6.07, 6.45) is 5.02. The van der Waals surface area contributed by atoms with Crippen molar-refractivity contribution in [3.63, 3.8) is 0 Å². The van der Waals surface area contributed by atoms with Gasteiger partial charge in [-0.1, -0.05) is 0 Å². The third-order valence-electron chi connectivity index (χ3n) is 5.40. The summed E-state index contributed by atoms with van der Waals surface area (Å²) in [6.45, 7) is 2.61. The van der Waals surface area contributed by atoms with E-state index in [1.165, 1.54) is 29.8 Å². The maximum absolute atomic E-state index is 13.0. The zero-order valence-electron chi connectivity index (χ0n) is 13.6. The number of aromatic amines is 2. The van der Waals surface area contributed by atoms with Crippen LogP contribution in [0.5, 0.6) is 0 Å². The number of amides is 1. The molecule has 126 valence electrons. The molecule has 0 radical (unpaired) electrons. The van der Waals surface area contributed by atoms with Crippen LogP contribution in [-0.4, -0.2) is 50.9 Å². The number of ether oxygens (including phenoxy) is 1. The molecule has 24 heavy (non-hydrogen) atoms. The van der Waals surface area contributed by atoms with Crippen LogP contribution in [0.25, 0.3) is 0 Å². The Kier molecular flexibility index (Phi) is 3.22. The van der Waals surface area contributed by atoms with Crippen molar-refractivity contribution < 1.29 is 9.53 Å². The molecule has 1 aliphatic carbocycles. The van der Waals surface area contributed by atoms with Crippen LogP contribution in [0, 0.1) is 0 Å². The van der Waals surface area contributed by atoms with Gasteiger partial charge in [0.25, 0.3) is 5.91 Å². The molecular weight excluding hydrogens is 306 g/mol. The highest BCUT2D eigenvalue weighted by atomic mass is 16.5. The molecule has 2 N–H and O–H groups in total. The number of carbonyl (C=O) groups excluding carboxylic acids is 1. The van der Waals surface area contributed by atoms with E-state index < -0.39 is 0 Å². The van der Waals surface area contributed by atoms with Crippen molar-refractivity contribution >= 4 is 5.91 Å². The molecule has 0 saturated heterocycles. The Hall–Kier alpha value is -2.15. The summed E-state index contributed by atoms with van der Waals surface area (Å²) in [6, 6.07) is 0. The van der Waals surface area contributed by atoms with Crippen molar-refractivity contribution in [3.8, 4) is 0 Å². The van der Waals surface area contributed by atoms with Gasteiger partial charge in [0, 0.05) is 48.8 Å². The zero-order valence-corrected chi connectivity index (χ0v) is 13.6. The lowest BCUT2D eigenvalue weighted by Crippen LogP contribution is -2.34. The van der Waals surface area contributed by atoms with E-state index in [4.69, 9.17) is 4.74 Å². The van der Waals surface area contributed by atoms with Crippen LogP contribution in [0.4, 0.5) is 0 Å². The second-order valence-electron chi connectivity index (χ2n) is 6.96. The average molecular weight is 327 g/mol. The van der Waals surface area contributed by atoms with Crippen molar-refractivity contribution in [2.75, 3.05) is 19.7 Å². The number of aromatic nitrogens is 4. The third kappa shape index (κ3) is 2.26. The minimum Gasteiger partial charge on any atom is -0.376 e. The highest BCUT2D eigenvalue weighted by Crippen LogP contribution is 2.41. The van der Waals surface area contributed by atoms with Crippen molar-refractivity contribution in [1.82, 2.24) is 25.3 Å². The predicted molar refractivity (Wildman–Crippen MR) is 85.8 cm³/mol. The molecule has 7 heteroatoms. The fourth-order valence-corrected chi connectivity index (χ4v) is 3.84. The fourth-order valence-electron chi connectivity index (χ4n) is 3.84. The lowest BCUT2D eigenvalue weighted by Gasteiger charge is -2.20. The number of carbonyl (C=O) groups is 1. The van der Waals surface area contributed by atoms with E-state index in [0.717, 1.165) is 37.1 Å². The second kappa shape index (κ2) is 5.44. The maximum atomic E-state index is 13.0. The van der Waals surface area contributed by atoms with Gasteiger partial charge < -0.3 is 9.64 Å². The smallest absolute Gasteiger partial charge is 0.274 e. The number of nitrogens with one attached hydrogen (secondary N) is 2. The van der Waals surface area contributed by atoms with Gasteiger partial charge in [-0.15, -0.1) is 0 Å². The minimum atomic E-state index is 0.0177. The first-order chi connectivity index (χ1) is 11.8. The third-order valence-corrected chi connectivity index (χ3v) is 5.40. The van der Waals surface area contributed by atoms with Crippen LogP contribution in [0.3, 0.4) is 0 Å². The molecule has 1 amide bonds. The second-order valence-corrected chi connectivity index (χ2v) is 6.96. The summed E-state index contributed by atoms with van der Waals surface area (Å²) >= 11 is 0. The maximum Gasteiger partial charge on any atom is 0.274 e. The number of nitrogens with zero attached hydrogens (tertiary/aromatic N) is 3. The SMILES string of the molecule is O=C(c1n[nH]c2c1COCC2)N1CCc2[nH]nc(C3CC3)c2CC1. The Balaban J connectivity index is 1.37. The van der Waals surface area contributed by atoms with Gasteiger partial charge in [0.2, 0.25) is 0 Å². The first-order valence-electron chi connectivity index (χ1n) is 8.80. The average Bonchev–Trinajstić information content (AvgIpc) is 3.30. The Morgan fingerprint density at radius 1 is 1.04 bits per heavy atom. The van der Waals surface area contributed by atoms with Crippen LogP contribution >= 0.6 is 0 Å². The first kappa shape index (κ1) is 14.2. The number of rotatable bonds is 2. The summed E-state index contributed by atoms with van der Waals surface area (Å²) in [4.78, 5) is 14.9. The van der Waals surface area contributed by atoms with Gasteiger partial charge in [0.05, 0.1) is 18.9 Å². The number of hydrogen-bond donors (Lipinski definition) is 2. The molecule has 7 nitrogen and oxygen atoms in total. The molecule has 2 aromatic rings. The van der Waals surface area contributed by atoms with E-state index >= 15 is 0 Å². The minimum absolute atomic E-state index is 0.0177. The van der Waals surface area contributed by atoms with E-state index in [1.54, 1.807) is 0 Å². The van der Waals surface area contributed by atoms with E-state index in [9.17, 15) is 4.79 Å². The number of hydrogen-bond acceptors (Lipinski definition) is 4. The van der Waals surface area contributed by atoms with E-state index in [1.807, 2.05) is 4.90 Å². The fraction of sp³-hybridized carbons (Fsp3) is 0.588. The molecule has 5 rings (SSSR count). The van der Waals surface area contributed by atoms with Crippen molar-refractivity contribution in [1.29, 1.82) is 0 Å². The van der Waals surface area contributed by atoms with Gasteiger partial charge in [-0.25, -0.2) is 0 Å². The van der Waals surface area contributed by atoms with E-state index in [2.05, 4.69) is 20.4 Å². The van der Waals surface area contributed by atoms with E-state index in [0.29, 0.717) is 31.4 Å². The molecule has 0 bridgehead atoms. The quantitative estimate of drug-likeness (QED) is 0.871. The number of fused-ring (bicyclic) bond motifs is 2. The molecule has 0 atom stereocenters. The zero-order chi connectivity index (χ0) is 16.1. The Morgan fingerprint density at radius 2 is 1.83 bits per heavy atom. The van der Waals surface area contributed by atoms with Crippen LogP contribution in [0.2, 0.25) is 0 Å². The Morgan fingerprint density at radius 3 is 2.71 bits per heavy atom. The largest absolute Gasteiger partial charge is 0.376 e. The van der Waals surface area contributed by atoms with Gasteiger partial charge in [0.1, 0.15) is 0 Å². The van der Waals surface area contributed by atoms with Gasteiger partial charge in [-0.3, -0.25) is 15.0 Å². The topological polar surface area (TPSA) is 86.9 Å². The van der Waals surface area contributed by atoms with E-state index in [-0.39, 0.29) is 5.91 Å². The van der Waals surface area contributed by atoms with Crippen LogP contribution in [0.1, 0.15) is 57.5 Å². The summed E-state index contributed by atoms with van der Waals surface area (Å²) < 4.78 is 5.50. The van der Waals surface area contributed by atoms with Crippen molar-refractivity contribution in [3.05, 3.63) is 33.9 Å². The van der Waals surface area contributed by atoms with Gasteiger partial charge in [-0.2, -0.15) is 10.2 Å². The molecule has 1 saturated carbocycles. The highest BCUT2D eigenvalue weighted by Gasteiger charge is 2.32. The molecule has 1 fully saturated rings. The summed E-state index contributed by atoms with van der Waals surface area (Å²) in [5.41, 5.74) is 6.32. The molecule has 0 aromatic carbocycles. The summed E-state index contributed by atoms with van der Waals surface area (Å²) in [7, 11) is 0. The molecule has 4 heterocycles. The first-order valence-corrected chi connectivity index (χ1v) is 8.80. The van der Waals surface area contributed by atoms with Crippen molar-refractivity contribution in [2.45, 2.75) is 44.6 Å². The lowest BCUT2D eigenvalue weighted by atomic mass is 10.1. The van der Waals surface area contributed by atoms with Crippen LogP contribution in [-0.2, 0) is 30.6 Å². The van der Waals surface area contributed by atoms with Crippen LogP contribution < -0.4 is 0 Å². The molecule has 2 aromatic heterocycles. The summed E-state index contributed by atoms with van der Waals surface area (Å²) in [5, 5.41) is 15.0. The predicted octanol–water partition coefficient (Wildman–Crippen LogP) is 1.32. The molecular formula is C17H21N5O2. The molecule has 0 spiro atoms. The highest BCUT2D eigenvalue weighted by molar-refractivity contribution is 5.94. The molecule has 2 aliphatic heterocycles. The lowest BCUT2D eigenvalue weighted by molar-refractivity contribution is 0.0743. The standard InChI is InChI=1S/C17H21N5O2/c23-17(16-12-9-24-8-5-14(12)19-21-16)22-6-3-11-13(4-7-22)18-20-15(11)10-1-2-10/h10H,1-9H2,(H,18,20)(H,19,21). The van der Waals surface area contributed by atoms with Gasteiger partial charge in [0.15, 0.2) is 5.69 Å². The summed E-state index contributed by atoms with van der Waals surface area (Å²) in [5.74, 6) is 0.659.